The number of ether oxygens (including phenoxy) is 1. The first-order valence-electron chi connectivity index (χ1n) is 4.58. The van der Waals surface area contributed by atoms with Gasteiger partial charge < -0.3 is 4.74 Å². The molecule has 0 bridgehead atoms. The molecule has 1 N–H and O–H groups in total. The summed E-state index contributed by atoms with van der Waals surface area (Å²) in [5.41, 5.74) is 0. The van der Waals surface area contributed by atoms with Gasteiger partial charge in [-0.05, 0) is 13.3 Å². The summed E-state index contributed by atoms with van der Waals surface area (Å²) in [6.45, 7) is 4.40. The van der Waals surface area contributed by atoms with Crippen molar-refractivity contribution in [2.24, 2.45) is 0 Å². The quantitative estimate of drug-likeness (QED) is 0.784. The molecule has 1 amide bonds. The van der Waals surface area contributed by atoms with Gasteiger partial charge in [-0.25, -0.2) is 9.78 Å². The van der Waals surface area contributed by atoms with Gasteiger partial charge in [0.25, 0.3) is 0 Å². The van der Waals surface area contributed by atoms with Crippen LogP contribution in [0.2, 0.25) is 0 Å². The maximum Gasteiger partial charge on any atom is 0.412 e. The van der Waals surface area contributed by atoms with Gasteiger partial charge in [-0.1, -0.05) is 13.3 Å². The summed E-state index contributed by atoms with van der Waals surface area (Å²) in [7, 11) is 0. The number of aryl methyl sites for hydroxylation is 1. The molecule has 5 heteroatoms. The third kappa shape index (κ3) is 3.74. The number of aromatic nitrogens is 1. The highest BCUT2D eigenvalue weighted by molar-refractivity contribution is 7.09. The van der Waals surface area contributed by atoms with E-state index in [4.69, 9.17) is 4.74 Å². The van der Waals surface area contributed by atoms with Crippen LogP contribution in [0.25, 0.3) is 0 Å². The van der Waals surface area contributed by atoms with Crippen molar-refractivity contribution in [2.75, 3.05) is 11.9 Å². The van der Waals surface area contributed by atoms with Gasteiger partial charge in [-0.3, -0.25) is 5.32 Å². The third-order valence-electron chi connectivity index (χ3n) is 1.58. The van der Waals surface area contributed by atoms with Crippen LogP contribution < -0.4 is 5.32 Å². The van der Waals surface area contributed by atoms with Crippen molar-refractivity contribution in [3.63, 3.8) is 0 Å². The Bertz CT molecular complexity index is 299. The molecule has 1 aromatic heterocycles. The number of thiazole rings is 1. The van der Waals surface area contributed by atoms with Crippen molar-refractivity contribution in [2.45, 2.75) is 26.7 Å². The highest BCUT2D eigenvalue weighted by Crippen LogP contribution is 2.12. The van der Waals surface area contributed by atoms with E-state index in [0.29, 0.717) is 12.4 Å². The van der Waals surface area contributed by atoms with Gasteiger partial charge in [0, 0.05) is 5.38 Å². The van der Waals surface area contributed by atoms with Crippen molar-refractivity contribution in [3.8, 4) is 0 Å². The fourth-order valence-corrected chi connectivity index (χ4v) is 1.42. The predicted octanol–water partition coefficient (Wildman–Crippen LogP) is 2.80. The minimum Gasteiger partial charge on any atom is -0.449 e. The van der Waals surface area contributed by atoms with Crippen LogP contribution in [0.1, 0.15) is 24.8 Å². The maximum absolute atomic E-state index is 11.1. The molecule has 4 nitrogen and oxygen atoms in total. The Kier molecular flexibility index (Phi) is 4.39. The Labute approximate surface area is 87.3 Å². The summed E-state index contributed by atoms with van der Waals surface area (Å²) in [6.07, 6.45) is 1.48. The monoisotopic (exact) mass is 214 g/mol. The first kappa shape index (κ1) is 11.0. The molecule has 0 aliphatic rings. The molecule has 0 aliphatic carbocycles. The van der Waals surface area contributed by atoms with Gasteiger partial charge in [0.1, 0.15) is 5.82 Å². The number of carbonyl (C=O) groups is 1. The van der Waals surface area contributed by atoms with Crippen LogP contribution in [0, 0.1) is 6.92 Å². The summed E-state index contributed by atoms with van der Waals surface area (Å²) in [5.74, 6) is 0.564. The average Bonchev–Trinajstić information content (AvgIpc) is 2.52. The predicted molar refractivity (Wildman–Crippen MR) is 56.7 cm³/mol. The first-order valence-corrected chi connectivity index (χ1v) is 5.46. The number of hydrogen-bond acceptors (Lipinski definition) is 4. The molecule has 0 saturated heterocycles. The van der Waals surface area contributed by atoms with E-state index in [1.165, 1.54) is 11.3 Å². The number of unbranched alkanes of at least 4 members (excludes halogenated alkanes) is 1. The largest absolute Gasteiger partial charge is 0.449 e. The van der Waals surface area contributed by atoms with Gasteiger partial charge in [0.05, 0.1) is 11.6 Å². The second-order valence-corrected chi connectivity index (χ2v) is 3.93. The van der Waals surface area contributed by atoms with Crippen molar-refractivity contribution >= 4 is 23.2 Å². The molecule has 78 valence electrons. The van der Waals surface area contributed by atoms with Crippen LogP contribution in [0.4, 0.5) is 10.6 Å². The molecule has 0 fully saturated rings. The van der Waals surface area contributed by atoms with Crippen LogP contribution >= 0.6 is 11.3 Å². The first-order chi connectivity index (χ1) is 6.72. The zero-order chi connectivity index (χ0) is 10.4. The maximum atomic E-state index is 11.1. The second kappa shape index (κ2) is 5.59. The summed E-state index contributed by atoms with van der Waals surface area (Å²) >= 11 is 1.49. The van der Waals surface area contributed by atoms with E-state index in [1.807, 2.05) is 13.8 Å². The minimum absolute atomic E-state index is 0.427. The normalized spacial score (nSPS) is 9.86. The minimum atomic E-state index is -0.427. The zero-order valence-electron chi connectivity index (χ0n) is 8.37. The number of amides is 1. The smallest absolute Gasteiger partial charge is 0.412 e. The van der Waals surface area contributed by atoms with Crippen LogP contribution in [0.5, 0.6) is 0 Å². The zero-order valence-corrected chi connectivity index (χ0v) is 9.19. The Morgan fingerprint density at radius 1 is 1.71 bits per heavy atom. The number of rotatable bonds is 4. The molecule has 0 unspecified atom stereocenters. The molecule has 0 spiro atoms. The fourth-order valence-electron chi connectivity index (χ4n) is 0.871. The van der Waals surface area contributed by atoms with E-state index in [-0.39, 0.29) is 0 Å². The number of nitrogens with zero attached hydrogens (tertiary/aromatic N) is 1. The average molecular weight is 214 g/mol. The van der Waals surface area contributed by atoms with Crippen molar-refractivity contribution < 1.29 is 9.53 Å². The highest BCUT2D eigenvalue weighted by atomic mass is 32.1. The van der Waals surface area contributed by atoms with Gasteiger partial charge in [-0.2, -0.15) is 0 Å². The summed E-state index contributed by atoms with van der Waals surface area (Å²) in [6, 6.07) is 0. The molecule has 0 aromatic carbocycles. The lowest BCUT2D eigenvalue weighted by Crippen LogP contribution is -2.14. The van der Waals surface area contributed by atoms with Crippen molar-refractivity contribution in [1.82, 2.24) is 4.98 Å². The van der Waals surface area contributed by atoms with Gasteiger partial charge in [-0.15, -0.1) is 11.3 Å². The molecule has 1 aromatic rings. The SMILES string of the molecule is CCCCOC(=O)Nc1csc(C)n1. The lowest BCUT2D eigenvalue weighted by Gasteiger charge is -2.03. The van der Waals surface area contributed by atoms with Crippen LogP contribution in [-0.2, 0) is 4.74 Å². The number of carbonyl (C=O) groups excluding carboxylic acids is 1. The standard InChI is InChI=1S/C9H14N2O2S/c1-3-4-5-13-9(12)11-8-6-14-7(2)10-8/h6H,3-5H2,1-2H3,(H,11,12). The van der Waals surface area contributed by atoms with Crippen LogP contribution in [0.15, 0.2) is 5.38 Å². The third-order valence-corrected chi connectivity index (χ3v) is 2.35. The fraction of sp³-hybridized carbons (Fsp3) is 0.556. The Hall–Kier alpha value is -1.10. The summed E-state index contributed by atoms with van der Waals surface area (Å²) < 4.78 is 4.91. The lowest BCUT2D eigenvalue weighted by atomic mass is 10.4. The van der Waals surface area contributed by atoms with Crippen molar-refractivity contribution in [1.29, 1.82) is 0 Å². The topological polar surface area (TPSA) is 51.2 Å². The molecule has 1 rings (SSSR count). The van der Waals surface area contributed by atoms with E-state index in [1.54, 1.807) is 5.38 Å². The Morgan fingerprint density at radius 3 is 3.07 bits per heavy atom. The molecule has 0 atom stereocenters. The molecular weight excluding hydrogens is 200 g/mol. The van der Waals surface area contributed by atoms with Gasteiger partial charge in [0.2, 0.25) is 0 Å². The molecular formula is C9H14N2O2S. The van der Waals surface area contributed by atoms with E-state index in [9.17, 15) is 4.79 Å². The second-order valence-electron chi connectivity index (χ2n) is 2.87. The van der Waals surface area contributed by atoms with Crippen LogP contribution in [0.3, 0.4) is 0 Å². The van der Waals surface area contributed by atoms with Gasteiger partial charge in [0.15, 0.2) is 0 Å². The van der Waals surface area contributed by atoms with E-state index >= 15 is 0 Å². The van der Waals surface area contributed by atoms with E-state index in [0.717, 1.165) is 17.8 Å². The van der Waals surface area contributed by atoms with Crippen LogP contribution in [-0.4, -0.2) is 17.7 Å². The Balaban J connectivity index is 2.27. The number of nitrogens with one attached hydrogen (secondary N) is 1. The molecule has 0 saturated carbocycles. The number of anilines is 1. The number of hydrogen-bond donors (Lipinski definition) is 1. The van der Waals surface area contributed by atoms with E-state index in [2.05, 4.69) is 10.3 Å². The van der Waals surface area contributed by atoms with Gasteiger partial charge >= 0.3 is 6.09 Å². The summed E-state index contributed by atoms with van der Waals surface area (Å²) in [5, 5.41) is 5.27. The summed E-state index contributed by atoms with van der Waals surface area (Å²) in [4.78, 5) is 15.2. The molecule has 14 heavy (non-hydrogen) atoms. The Morgan fingerprint density at radius 2 is 2.50 bits per heavy atom. The highest BCUT2D eigenvalue weighted by Gasteiger charge is 2.04. The van der Waals surface area contributed by atoms with E-state index < -0.39 is 6.09 Å². The molecule has 0 radical (unpaired) electrons. The molecule has 1 heterocycles. The lowest BCUT2D eigenvalue weighted by molar-refractivity contribution is 0.160. The van der Waals surface area contributed by atoms with Crippen molar-refractivity contribution in [3.05, 3.63) is 10.4 Å². The molecule has 0 aliphatic heterocycles.